The van der Waals surface area contributed by atoms with Crippen molar-refractivity contribution < 1.29 is 4.79 Å². The average molecular weight is 251 g/mol. The minimum atomic E-state index is 0.729. The molecule has 2 heteroatoms. The maximum absolute atomic E-state index is 10.7. The van der Waals surface area contributed by atoms with E-state index in [1.54, 1.807) is 0 Å². The van der Waals surface area contributed by atoms with Crippen LogP contribution in [0.5, 0.6) is 0 Å². The summed E-state index contributed by atoms with van der Waals surface area (Å²) in [6.07, 6.45) is 0.884. The molecule has 0 fully saturated rings. The van der Waals surface area contributed by atoms with E-state index in [0.717, 1.165) is 24.9 Å². The Balaban J connectivity index is 1.88. The number of hydrogen-bond donors (Lipinski definition) is 0. The van der Waals surface area contributed by atoms with Gasteiger partial charge in [-0.3, -0.25) is 4.79 Å². The topological polar surface area (TPSA) is 20.3 Å². The van der Waals surface area contributed by atoms with E-state index >= 15 is 0 Å². The molecule has 0 spiro atoms. The van der Waals surface area contributed by atoms with Gasteiger partial charge in [0.05, 0.1) is 0 Å². The van der Waals surface area contributed by atoms with Crippen LogP contribution in [0.15, 0.2) is 36.4 Å². The zero-order chi connectivity index (χ0) is 13.4. The highest BCUT2D eigenvalue weighted by Gasteiger charge is 2.19. The van der Waals surface area contributed by atoms with Gasteiger partial charge in [-0.15, -0.1) is 0 Å². The van der Waals surface area contributed by atoms with Crippen LogP contribution in [-0.4, -0.2) is 6.29 Å². The molecular formula is C17H17NO. The molecule has 0 bridgehead atoms. The van der Waals surface area contributed by atoms with Crippen molar-refractivity contribution in [2.24, 2.45) is 0 Å². The first kappa shape index (κ1) is 12.0. The molecule has 0 N–H and O–H groups in total. The summed E-state index contributed by atoms with van der Waals surface area (Å²) in [6, 6.07) is 12.4. The lowest BCUT2D eigenvalue weighted by Gasteiger charge is -2.17. The summed E-state index contributed by atoms with van der Waals surface area (Å²) in [6.45, 7) is 6.24. The first-order valence-corrected chi connectivity index (χ1v) is 6.56. The maximum atomic E-state index is 10.7. The van der Waals surface area contributed by atoms with E-state index in [1.807, 2.05) is 24.3 Å². The molecule has 1 aliphatic rings. The molecule has 0 unspecified atom stereocenters. The zero-order valence-corrected chi connectivity index (χ0v) is 11.3. The lowest BCUT2D eigenvalue weighted by molar-refractivity contribution is 0.112. The van der Waals surface area contributed by atoms with Gasteiger partial charge in [-0.25, -0.2) is 0 Å². The van der Waals surface area contributed by atoms with Gasteiger partial charge in [0.25, 0.3) is 0 Å². The number of rotatable bonds is 2. The van der Waals surface area contributed by atoms with Crippen LogP contribution in [0.2, 0.25) is 0 Å². The highest BCUT2D eigenvalue weighted by Crippen LogP contribution is 2.30. The first-order valence-electron chi connectivity index (χ1n) is 6.56. The fourth-order valence-corrected chi connectivity index (χ4v) is 2.64. The van der Waals surface area contributed by atoms with Crippen LogP contribution < -0.4 is 4.90 Å². The summed E-state index contributed by atoms with van der Waals surface area (Å²) in [5.41, 5.74) is 7.46. The van der Waals surface area contributed by atoms with Crippen molar-refractivity contribution in [2.75, 3.05) is 4.90 Å². The summed E-state index contributed by atoms with van der Waals surface area (Å²) in [7, 11) is 0. The first-order chi connectivity index (χ1) is 9.17. The van der Waals surface area contributed by atoms with Crippen molar-refractivity contribution in [2.45, 2.75) is 26.9 Å². The second-order valence-electron chi connectivity index (χ2n) is 5.27. The SMILES string of the molecule is Cc1cc2c(cc1C)CN(c1ccc(C=O)cc1)C2. The molecule has 96 valence electrons. The largest absolute Gasteiger partial charge is 0.363 e. The Morgan fingerprint density at radius 1 is 0.947 bits per heavy atom. The van der Waals surface area contributed by atoms with Gasteiger partial charge in [0.15, 0.2) is 0 Å². The van der Waals surface area contributed by atoms with Gasteiger partial charge < -0.3 is 4.90 Å². The van der Waals surface area contributed by atoms with E-state index in [2.05, 4.69) is 30.9 Å². The monoisotopic (exact) mass is 251 g/mol. The number of aldehydes is 1. The number of anilines is 1. The van der Waals surface area contributed by atoms with Crippen LogP contribution in [0, 0.1) is 13.8 Å². The molecular weight excluding hydrogens is 234 g/mol. The number of aryl methyl sites for hydroxylation is 2. The molecule has 2 aromatic carbocycles. The van der Waals surface area contributed by atoms with Gasteiger partial charge in [-0.2, -0.15) is 0 Å². The number of benzene rings is 2. The zero-order valence-electron chi connectivity index (χ0n) is 11.3. The predicted molar refractivity (Wildman–Crippen MR) is 77.6 cm³/mol. The number of hydrogen-bond acceptors (Lipinski definition) is 2. The third-order valence-electron chi connectivity index (χ3n) is 3.93. The molecule has 3 rings (SSSR count). The van der Waals surface area contributed by atoms with E-state index in [9.17, 15) is 4.79 Å². The fourth-order valence-electron chi connectivity index (χ4n) is 2.64. The van der Waals surface area contributed by atoms with Crippen LogP contribution >= 0.6 is 0 Å². The summed E-state index contributed by atoms with van der Waals surface area (Å²) in [5.74, 6) is 0. The average Bonchev–Trinajstić information content (AvgIpc) is 2.82. The molecule has 0 amide bonds. The van der Waals surface area contributed by atoms with E-state index in [-0.39, 0.29) is 0 Å². The van der Waals surface area contributed by atoms with Gasteiger partial charge in [-0.05, 0) is 60.4 Å². The summed E-state index contributed by atoms with van der Waals surface area (Å²) in [4.78, 5) is 13.0. The fraction of sp³-hybridized carbons (Fsp3) is 0.235. The third-order valence-corrected chi connectivity index (χ3v) is 3.93. The molecule has 19 heavy (non-hydrogen) atoms. The van der Waals surface area contributed by atoms with Crippen LogP contribution in [0.3, 0.4) is 0 Å². The number of carbonyl (C=O) groups is 1. The lowest BCUT2D eigenvalue weighted by Crippen LogP contribution is -2.14. The van der Waals surface area contributed by atoms with E-state index in [1.165, 1.54) is 27.9 Å². The lowest BCUT2D eigenvalue weighted by atomic mass is 10.0. The third kappa shape index (κ3) is 2.14. The normalized spacial score (nSPS) is 13.5. The Hall–Kier alpha value is -2.09. The molecule has 0 saturated heterocycles. The van der Waals surface area contributed by atoms with Gasteiger partial charge in [0.1, 0.15) is 6.29 Å². The van der Waals surface area contributed by atoms with Crippen LogP contribution in [0.25, 0.3) is 0 Å². The second-order valence-corrected chi connectivity index (χ2v) is 5.27. The van der Waals surface area contributed by atoms with Crippen molar-refractivity contribution in [3.05, 3.63) is 64.2 Å². The summed E-state index contributed by atoms with van der Waals surface area (Å²) in [5, 5.41) is 0. The Kier molecular flexibility index (Phi) is 2.86. The summed E-state index contributed by atoms with van der Waals surface area (Å²) < 4.78 is 0. The quantitative estimate of drug-likeness (QED) is 0.759. The Bertz CT molecular complexity index is 597. The van der Waals surface area contributed by atoms with Crippen molar-refractivity contribution >= 4 is 12.0 Å². The molecule has 0 aliphatic carbocycles. The van der Waals surface area contributed by atoms with Gasteiger partial charge in [-0.1, -0.05) is 12.1 Å². The van der Waals surface area contributed by atoms with E-state index in [4.69, 9.17) is 0 Å². The minimum Gasteiger partial charge on any atom is -0.363 e. The molecule has 0 atom stereocenters. The van der Waals surface area contributed by atoms with Crippen LogP contribution in [0.1, 0.15) is 32.6 Å². The molecule has 0 aromatic heterocycles. The highest BCUT2D eigenvalue weighted by atomic mass is 16.1. The van der Waals surface area contributed by atoms with Crippen molar-refractivity contribution in [1.82, 2.24) is 0 Å². The van der Waals surface area contributed by atoms with Gasteiger partial charge in [0.2, 0.25) is 0 Å². The number of fused-ring (bicyclic) bond motifs is 1. The highest BCUT2D eigenvalue weighted by molar-refractivity contribution is 5.75. The van der Waals surface area contributed by atoms with Gasteiger partial charge >= 0.3 is 0 Å². The molecule has 2 aromatic rings. The Labute approximate surface area is 113 Å². The molecule has 0 radical (unpaired) electrons. The predicted octanol–water partition coefficient (Wildman–Crippen LogP) is 3.64. The van der Waals surface area contributed by atoms with E-state index in [0.29, 0.717) is 0 Å². The van der Waals surface area contributed by atoms with Crippen LogP contribution in [-0.2, 0) is 13.1 Å². The standard InChI is InChI=1S/C17H17NO/c1-12-7-15-9-18(10-16(15)8-13(12)2)17-5-3-14(11-19)4-6-17/h3-8,11H,9-10H2,1-2H3. The number of carbonyl (C=O) groups excluding carboxylic acids is 1. The second kappa shape index (κ2) is 4.54. The molecule has 1 aliphatic heterocycles. The molecule has 0 saturated carbocycles. The number of nitrogens with zero attached hydrogens (tertiary/aromatic N) is 1. The van der Waals surface area contributed by atoms with Crippen molar-refractivity contribution in [1.29, 1.82) is 0 Å². The molecule has 2 nitrogen and oxygen atoms in total. The minimum absolute atomic E-state index is 0.729. The summed E-state index contributed by atoms with van der Waals surface area (Å²) >= 11 is 0. The van der Waals surface area contributed by atoms with E-state index < -0.39 is 0 Å². The Morgan fingerprint density at radius 3 is 1.95 bits per heavy atom. The smallest absolute Gasteiger partial charge is 0.150 e. The van der Waals surface area contributed by atoms with Crippen molar-refractivity contribution in [3.63, 3.8) is 0 Å². The Morgan fingerprint density at radius 2 is 1.47 bits per heavy atom. The van der Waals surface area contributed by atoms with Gasteiger partial charge in [0, 0.05) is 24.3 Å². The maximum Gasteiger partial charge on any atom is 0.150 e. The van der Waals surface area contributed by atoms with Crippen LogP contribution in [0.4, 0.5) is 5.69 Å². The van der Waals surface area contributed by atoms with Crippen molar-refractivity contribution in [3.8, 4) is 0 Å². The molecule has 1 heterocycles.